The first-order valence-electron chi connectivity index (χ1n) is 4.17. The summed E-state index contributed by atoms with van der Waals surface area (Å²) in [5.74, 6) is -1.92. The third-order valence-corrected chi connectivity index (χ3v) is 2.25. The van der Waals surface area contributed by atoms with Crippen LogP contribution in [0, 0.1) is 11.7 Å². The predicted octanol–water partition coefficient (Wildman–Crippen LogP) is 2.74. The molecule has 0 aromatic heterocycles. The van der Waals surface area contributed by atoms with Crippen molar-refractivity contribution in [1.29, 1.82) is 0 Å². The van der Waals surface area contributed by atoms with Gasteiger partial charge in [0, 0.05) is 0 Å². The molecule has 14 heavy (non-hydrogen) atoms. The Hall–Kier alpha value is -1.09. The van der Waals surface area contributed by atoms with Crippen LogP contribution in [-0.2, 0) is 11.2 Å². The largest absolute Gasteiger partial charge is 0.481 e. The lowest BCUT2D eigenvalue weighted by atomic mass is 10.0. The zero-order valence-electron chi connectivity index (χ0n) is 7.63. The fourth-order valence-electron chi connectivity index (χ4n) is 1.11. The number of rotatable bonds is 3. The summed E-state index contributed by atoms with van der Waals surface area (Å²) >= 11 is 5.49. The lowest BCUT2D eigenvalue weighted by Crippen LogP contribution is -2.12. The van der Waals surface area contributed by atoms with Crippen molar-refractivity contribution in [3.63, 3.8) is 0 Å². The SMILES string of the molecule is C[C@@H](Cc1ccc(Cl)c(F)c1)C(=O)O. The van der Waals surface area contributed by atoms with Crippen LogP contribution in [0.5, 0.6) is 0 Å². The van der Waals surface area contributed by atoms with Crippen LogP contribution in [-0.4, -0.2) is 11.1 Å². The van der Waals surface area contributed by atoms with Crippen molar-refractivity contribution in [3.05, 3.63) is 34.6 Å². The van der Waals surface area contributed by atoms with Crippen molar-refractivity contribution in [1.82, 2.24) is 0 Å². The summed E-state index contributed by atoms with van der Waals surface area (Å²) in [4.78, 5) is 10.5. The zero-order valence-corrected chi connectivity index (χ0v) is 8.38. The second-order valence-electron chi connectivity index (χ2n) is 3.19. The first-order valence-corrected chi connectivity index (χ1v) is 4.55. The number of benzene rings is 1. The highest BCUT2D eigenvalue weighted by Crippen LogP contribution is 2.17. The van der Waals surface area contributed by atoms with Crippen LogP contribution in [0.25, 0.3) is 0 Å². The van der Waals surface area contributed by atoms with Crippen molar-refractivity contribution >= 4 is 17.6 Å². The van der Waals surface area contributed by atoms with Gasteiger partial charge in [0.1, 0.15) is 5.82 Å². The number of carbonyl (C=O) groups is 1. The predicted molar refractivity (Wildman–Crippen MR) is 51.9 cm³/mol. The van der Waals surface area contributed by atoms with E-state index in [-0.39, 0.29) is 5.02 Å². The van der Waals surface area contributed by atoms with E-state index in [9.17, 15) is 9.18 Å². The second kappa shape index (κ2) is 4.42. The van der Waals surface area contributed by atoms with E-state index in [0.717, 1.165) is 0 Å². The maximum Gasteiger partial charge on any atom is 0.306 e. The molecule has 1 aromatic carbocycles. The Bertz CT molecular complexity index is 352. The summed E-state index contributed by atoms with van der Waals surface area (Å²) in [6.07, 6.45) is 0.309. The van der Waals surface area contributed by atoms with Crippen LogP contribution < -0.4 is 0 Å². The highest BCUT2D eigenvalue weighted by Gasteiger charge is 2.12. The normalized spacial score (nSPS) is 12.5. The molecule has 76 valence electrons. The third-order valence-electron chi connectivity index (χ3n) is 1.95. The molecule has 0 unspecified atom stereocenters. The summed E-state index contributed by atoms with van der Waals surface area (Å²) in [7, 11) is 0. The molecule has 1 rings (SSSR count). The lowest BCUT2D eigenvalue weighted by Gasteiger charge is -2.06. The topological polar surface area (TPSA) is 37.3 Å². The minimum Gasteiger partial charge on any atom is -0.481 e. The molecule has 0 aliphatic carbocycles. The van der Waals surface area contributed by atoms with Gasteiger partial charge in [-0.1, -0.05) is 24.6 Å². The van der Waals surface area contributed by atoms with Gasteiger partial charge in [0.2, 0.25) is 0 Å². The molecule has 1 aromatic rings. The zero-order chi connectivity index (χ0) is 10.7. The van der Waals surface area contributed by atoms with Crippen LogP contribution in [0.1, 0.15) is 12.5 Å². The molecule has 0 bridgehead atoms. The number of aliphatic carboxylic acids is 1. The minimum absolute atomic E-state index is 0.0525. The van der Waals surface area contributed by atoms with Crippen molar-refractivity contribution in [2.45, 2.75) is 13.3 Å². The molecule has 0 spiro atoms. The van der Waals surface area contributed by atoms with Gasteiger partial charge >= 0.3 is 5.97 Å². The third kappa shape index (κ3) is 2.70. The van der Waals surface area contributed by atoms with Gasteiger partial charge in [-0.3, -0.25) is 4.79 Å². The Morgan fingerprint density at radius 1 is 1.64 bits per heavy atom. The highest BCUT2D eigenvalue weighted by molar-refractivity contribution is 6.30. The van der Waals surface area contributed by atoms with E-state index in [1.165, 1.54) is 12.1 Å². The van der Waals surface area contributed by atoms with Gasteiger partial charge in [-0.25, -0.2) is 4.39 Å². The average molecular weight is 217 g/mol. The van der Waals surface area contributed by atoms with Gasteiger partial charge in [-0.05, 0) is 24.1 Å². The maximum atomic E-state index is 13.0. The van der Waals surface area contributed by atoms with Crippen molar-refractivity contribution < 1.29 is 14.3 Å². The van der Waals surface area contributed by atoms with Gasteiger partial charge < -0.3 is 5.11 Å². The molecule has 2 nitrogen and oxygen atoms in total. The molecule has 0 heterocycles. The van der Waals surface area contributed by atoms with E-state index in [1.807, 2.05) is 0 Å². The molecule has 0 fully saturated rings. The van der Waals surface area contributed by atoms with Gasteiger partial charge in [-0.2, -0.15) is 0 Å². The van der Waals surface area contributed by atoms with Crippen LogP contribution in [0.3, 0.4) is 0 Å². The average Bonchev–Trinajstić information content (AvgIpc) is 2.11. The molecule has 1 N–H and O–H groups in total. The Labute approximate surface area is 86.3 Å². The smallest absolute Gasteiger partial charge is 0.306 e. The van der Waals surface area contributed by atoms with Crippen molar-refractivity contribution in [3.8, 4) is 0 Å². The Balaban J connectivity index is 2.78. The molecule has 4 heteroatoms. The second-order valence-corrected chi connectivity index (χ2v) is 3.60. The van der Waals surface area contributed by atoms with E-state index in [0.29, 0.717) is 12.0 Å². The summed E-state index contributed by atoms with van der Waals surface area (Å²) < 4.78 is 13.0. The van der Waals surface area contributed by atoms with E-state index in [4.69, 9.17) is 16.7 Å². The Morgan fingerprint density at radius 2 is 2.29 bits per heavy atom. The first kappa shape index (κ1) is 11.0. The maximum absolute atomic E-state index is 13.0. The Kier molecular flexibility index (Phi) is 3.47. The quantitative estimate of drug-likeness (QED) is 0.844. The fraction of sp³-hybridized carbons (Fsp3) is 0.300. The van der Waals surface area contributed by atoms with E-state index in [1.54, 1.807) is 13.0 Å². The number of hydrogen-bond donors (Lipinski definition) is 1. The first-order chi connectivity index (χ1) is 6.50. The molecule has 0 radical (unpaired) electrons. The summed E-state index contributed by atoms with van der Waals surface area (Å²) in [6.45, 7) is 1.58. The molecule has 0 aliphatic rings. The molecule has 0 amide bonds. The van der Waals surface area contributed by atoms with Crippen molar-refractivity contribution in [2.75, 3.05) is 0 Å². The standard InChI is InChI=1S/C10H10ClFO2/c1-6(10(13)14)4-7-2-3-8(11)9(12)5-7/h2-3,5-6H,4H2,1H3,(H,13,14)/t6-/m0/s1. The number of carboxylic acid groups (broad SMARTS) is 1. The fourth-order valence-corrected chi connectivity index (χ4v) is 1.23. The summed E-state index contributed by atoms with van der Waals surface area (Å²) in [5, 5.41) is 8.70. The highest BCUT2D eigenvalue weighted by atomic mass is 35.5. The van der Waals surface area contributed by atoms with Crippen LogP contribution in [0.4, 0.5) is 4.39 Å². The van der Waals surface area contributed by atoms with E-state index in [2.05, 4.69) is 0 Å². The monoisotopic (exact) mass is 216 g/mol. The van der Waals surface area contributed by atoms with E-state index < -0.39 is 17.7 Å². The Morgan fingerprint density at radius 3 is 2.79 bits per heavy atom. The van der Waals surface area contributed by atoms with Crippen molar-refractivity contribution in [2.24, 2.45) is 5.92 Å². The molecule has 0 aliphatic heterocycles. The van der Waals surface area contributed by atoms with Gasteiger partial charge in [-0.15, -0.1) is 0 Å². The molecular weight excluding hydrogens is 207 g/mol. The lowest BCUT2D eigenvalue weighted by molar-refractivity contribution is -0.141. The van der Waals surface area contributed by atoms with E-state index >= 15 is 0 Å². The van der Waals surface area contributed by atoms with Gasteiger partial charge in [0.25, 0.3) is 0 Å². The molecule has 1 atom stereocenters. The summed E-state index contributed by atoms with van der Waals surface area (Å²) in [5.41, 5.74) is 0.641. The minimum atomic E-state index is -0.889. The van der Waals surface area contributed by atoms with Crippen LogP contribution in [0.2, 0.25) is 5.02 Å². The number of halogens is 2. The molecule has 0 saturated carbocycles. The van der Waals surface area contributed by atoms with Gasteiger partial charge in [0.15, 0.2) is 0 Å². The molecule has 0 saturated heterocycles. The van der Waals surface area contributed by atoms with Gasteiger partial charge in [0.05, 0.1) is 10.9 Å². The van der Waals surface area contributed by atoms with Crippen LogP contribution in [0.15, 0.2) is 18.2 Å². The number of hydrogen-bond acceptors (Lipinski definition) is 1. The molecular formula is C10H10ClFO2. The number of carboxylic acids is 1. The van der Waals surface area contributed by atoms with Crippen LogP contribution >= 0.6 is 11.6 Å². The summed E-state index contributed by atoms with van der Waals surface area (Å²) in [6, 6.07) is 4.33.